The fourth-order valence-electron chi connectivity index (χ4n) is 2.51. The molecule has 3 heteroatoms. The van der Waals surface area contributed by atoms with Gasteiger partial charge in [-0.2, -0.15) is 5.26 Å². The van der Waals surface area contributed by atoms with Gasteiger partial charge < -0.3 is 10.6 Å². The highest BCUT2D eigenvalue weighted by Crippen LogP contribution is 2.26. The molecular weight excluding hydrogens is 210 g/mol. The van der Waals surface area contributed by atoms with Gasteiger partial charge in [-0.3, -0.25) is 0 Å². The Morgan fingerprint density at radius 1 is 1.35 bits per heavy atom. The van der Waals surface area contributed by atoms with E-state index in [-0.39, 0.29) is 6.04 Å². The molecule has 2 N–H and O–H groups in total. The van der Waals surface area contributed by atoms with Crippen LogP contribution in [0.1, 0.15) is 25.3 Å². The maximum atomic E-state index is 9.09. The van der Waals surface area contributed by atoms with Crippen molar-refractivity contribution >= 4 is 5.69 Å². The van der Waals surface area contributed by atoms with Crippen molar-refractivity contribution in [3.05, 3.63) is 29.8 Å². The monoisotopic (exact) mass is 229 g/mol. The van der Waals surface area contributed by atoms with Crippen LogP contribution < -0.4 is 10.6 Å². The first kappa shape index (κ1) is 11.9. The summed E-state index contributed by atoms with van der Waals surface area (Å²) in [5.41, 5.74) is 7.77. The molecule has 0 radical (unpaired) electrons. The van der Waals surface area contributed by atoms with Gasteiger partial charge >= 0.3 is 0 Å². The summed E-state index contributed by atoms with van der Waals surface area (Å²) in [6.45, 7) is 4.10. The molecule has 0 bridgehead atoms. The van der Waals surface area contributed by atoms with Gasteiger partial charge in [0.1, 0.15) is 6.07 Å². The normalized spacial score (nSPS) is 18.8. The van der Waals surface area contributed by atoms with Crippen LogP contribution in [0.25, 0.3) is 0 Å². The molecule has 1 aliphatic rings. The van der Waals surface area contributed by atoms with Gasteiger partial charge in [0, 0.05) is 19.1 Å². The summed E-state index contributed by atoms with van der Waals surface area (Å²) in [5, 5.41) is 9.09. The molecule has 1 aliphatic heterocycles. The average molecular weight is 229 g/mol. The number of para-hydroxylation sites is 1. The quantitative estimate of drug-likeness (QED) is 0.845. The number of benzene rings is 1. The van der Waals surface area contributed by atoms with Gasteiger partial charge in [0.15, 0.2) is 0 Å². The Morgan fingerprint density at radius 2 is 2.00 bits per heavy atom. The number of hydrogen-bond acceptors (Lipinski definition) is 3. The molecule has 0 aliphatic carbocycles. The third kappa shape index (κ3) is 2.59. The third-order valence-electron chi connectivity index (χ3n) is 3.65. The Bertz CT molecular complexity index is 412. The molecule has 0 spiro atoms. The van der Waals surface area contributed by atoms with E-state index in [1.54, 1.807) is 0 Å². The Hall–Kier alpha value is -1.53. The molecule has 1 aromatic rings. The van der Waals surface area contributed by atoms with Crippen molar-refractivity contribution in [3.8, 4) is 6.07 Å². The molecule has 1 aromatic carbocycles. The SMILES string of the molecule is CC(N)C1CCN(c2ccccc2C#N)CC1. The summed E-state index contributed by atoms with van der Waals surface area (Å²) < 4.78 is 0. The molecule has 90 valence electrons. The summed E-state index contributed by atoms with van der Waals surface area (Å²) >= 11 is 0. The number of anilines is 1. The maximum absolute atomic E-state index is 9.09. The third-order valence-corrected chi connectivity index (χ3v) is 3.65. The molecular formula is C14H19N3. The summed E-state index contributed by atoms with van der Waals surface area (Å²) in [4.78, 5) is 2.30. The van der Waals surface area contributed by atoms with Crippen molar-refractivity contribution in [2.45, 2.75) is 25.8 Å². The van der Waals surface area contributed by atoms with Crippen LogP contribution in [-0.4, -0.2) is 19.1 Å². The van der Waals surface area contributed by atoms with Crippen LogP contribution in [0.15, 0.2) is 24.3 Å². The van der Waals surface area contributed by atoms with Crippen molar-refractivity contribution in [2.24, 2.45) is 11.7 Å². The van der Waals surface area contributed by atoms with Gasteiger partial charge in [-0.1, -0.05) is 12.1 Å². The second-order valence-corrected chi connectivity index (χ2v) is 4.81. The van der Waals surface area contributed by atoms with E-state index < -0.39 is 0 Å². The second kappa shape index (κ2) is 5.20. The Balaban J connectivity index is 2.08. The lowest BCUT2D eigenvalue weighted by Gasteiger charge is -2.35. The zero-order valence-corrected chi connectivity index (χ0v) is 10.3. The minimum Gasteiger partial charge on any atom is -0.370 e. The highest BCUT2D eigenvalue weighted by atomic mass is 15.1. The van der Waals surface area contributed by atoms with Crippen molar-refractivity contribution in [1.29, 1.82) is 5.26 Å². The predicted molar refractivity (Wildman–Crippen MR) is 69.7 cm³/mol. The van der Waals surface area contributed by atoms with Gasteiger partial charge in [0.25, 0.3) is 0 Å². The summed E-state index contributed by atoms with van der Waals surface area (Å²) in [7, 11) is 0. The maximum Gasteiger partial charge on any atom is 0.101 e. The van der Waals surface area contributed by atoms with Gasteiger partial charge in [-0.05, 0) is 37.8 Å². The smallest absolute Gasteiger partial charge is 0.101 e. The van der Waals surface area contributed by atoms with Gasteiger partial charge in [-0.25, -0.2) is 0 Å². The molecule has 17 heavy (non-hydrogen) atoms. The van der Waals surface area contributed by atoms with Gasteiger partial charge in [0.2, 0.25) is 0 Å². The summed E-state index contributed by atoms with van der Waals surface area (Å²) in [5.74, 6) is 0.625. The Labute approximate surface area is 103 Å². The van der Waals surface area contributed by atoms with Crippen molar-refractivity contribution in [1.82, 2.24) is 0 Å². The van der Waals surface area contributed by atoms with Crippen LogP contribution in [0.4, 0.5) is 5.69 Å². The van der Waals surface area contributed by atoms with Crippen LogP contribution in [0, 0.1) is 17.2 Å². The number of nitrogens with two attached hydrogens (primary N) is 1. The first-order chi connectivity index (χ1) is 8.22. The van der Waals surface area contributed by atoms with E-state index in [0.29, 0.717) is 5.92 Å². The highest BCUT2D eigenvalue weighted by Gasteiger charge is 2.22. The van der Waals surface area contributed by atoms with Crippen LogP contribution in [0.2, 0.25) is 0 Å². The lowest BCUT2D eigenvalue weighted by Crippen LogP contribution is -2.40. The van der Waals surface area contributed by atoms with Crippen molar-refractivity contribution < 1.29 is 0 Å². The van der Waals surface area contributed by atoms with E-state index in [1.807, 2.05) is 24.3 Å². The molecule has 1 fully saturated rings. The summed E-state index contributed by atoms with van der Waals surface area (Å²) in [6, 6.07) is 10.4. The molecule has 1 saturated heterocycles. The minimum atomic E-state index is 0.281. The van der Waals surface area contributed by atoms with Crippen molar-refractivity contribution in [3.63, 3.8) is 0 Å². The molecule has 3 nitrogen and oxygen atoms in total. The second-order valence-electron chi connectivity index (χ2n) is 4.81. The van der Waals surface area contributed by atoms with E-state index in [0.717, 1.165) is 37.2 Å². The van der Waals surface area contributed by atoms with E-state index in [9.17, 15) is 0 Å². The minimum absolute atomic E-state index is 0.281. The molecule has 1 atom stereocenters. The zero-order chi connectivity index (χ0) is 12.3. The topological polar surface area (TPSA) is 53.0 Å². The van der Waals surface area contributed by atoms with Gasteiger partial charge in [0.05, 0.1) is 11.3 Å². The largest absolute Gasteiger partial charge is 0.370 e. The number of rotatable bonds is 2. The van der Waals surface area contributed by atoms with Crippen LogP contribution in [0.5, 0.6) is 0 Å². The first-order valence-electron chi connectivity index (χ1n) is 6.22. The standard InChI is InChI=1S/C14H19N3/c1-11(16)12-6-8-17(9-7-12)14-5-3-2-4-13(14)10-15/h2-5,11-12H,6-9,16H2,1H3. The zero-order valence-electron chi connectivity index (χ0n) is 10.3. The average Bonchev–Trinajstić information content (AvgIpc) is 2.39. The van der Waals surface area contributed by atoms with Gasteiger partial charge in [-0.15, -0.1) is 0 Å². The highest BCUT2D eigenvalue weighted by molar-refractivity contribution is 5.59. The predicted octanol–water partition coefficient (Wildman–Crippen LogP) is 2.12. The van der Waals surface area contributed by atoms with Crippen LogP contribution in [0.3, 0.4) is 0 Å². The number of nitrogens with zero attached hydrogens (tertiary/aromatic N) is 2. The molecule has 0 amide bonds. The molecule has 1 heterocycles. The fourth-order valence-corrected chi connectivity index (χ4v) is 2.51. The molecule has 1 unspecified atom stereocenters. The Kier molecular flexibility index (Phi) is 3.65. The molecule has 2 rings (SSSR count). The van der Waals surface area contributed by atoms with E-state index >= 15 is 0 Å². The summed E-state index contributed by atoms with van der Waals surface area (Å²) in [6.07, 6.45) is 2.24. The van der Waals surface area contributed by atoms with Crippen LogP contribution >= 0.6 is 0 Å². The lowest BCUT2D eigenvalue weighted by molar-refractivity contribution is 0.354. The lowest BCUT2D eigenvalue weighted by atomic mass is 9.90. The van der Waals surface area contributed by atoms with Crippen LogP contribution in [-0.2, 0) is 0 Å². The fraction of sp³-hybridized carbons (Fsp3) is 0.500. The number of piperidine rings is 1. The first-order valence-corrected chi connectivity index (χ1v) is 6.22. The molecule has 0 saturated carbocycles. The molecule has 0 aromatic heterocycles. The Morgan fingerprint density at radius 3 is 2.59 bits per heavy atom. The number of nitriles is 1. The van der Waals surface area contributed by atoms with E-state index in [4.69, 9.17) is 11.0 Å². The van der Waals surface area contributed by atoms with Crippen molar-refractivity contribution in [2.75, 3.05) is 18.0 Å². The van der Waals surface area contributed by atoms with E-state index in [1.165, 1.54) is 0 Å². The number of hydrogen-bond donors (Lipinski definition) is 1. The van der Waals surface area contributed by atoms with E-state index in [2.05, 4.69) is 17.9 Å².